The second-order valence-electron chi connectivity index (χ2n) is 12.0. The van der Waals surface area contributed by atoms with E-state index in [4.69, 9.17) is 2.74 Å². The molecule has 3 aromatic rings. The molecule has 1 aliphatic rings. The van der Waals surface area contributed by atoms with E-state index in [-0.39, 0.29) is 55.2 Å². The zero-order valence-corrected chi connectivity index (χ0v) is 29.2. The topological polar surface area (TPSA) is 50.2 Å². The number of allylic oxidation sites excluding steroid dienone is 2. The van der Waals surface area contributed by atoms with E-state index in [9.17, 15) is 9.90 Å². The van der Waals surface area contributed by atoms with Gasteiger partial charge in [0.1, 0.15) is 0 Å². The number of carbonyl (C=O) groups is 1. The van der Waals surface area contributed by atoms with Crippen molar-refractivity contribution in [2.24, 2.45) is 17.3 Å². The molecule has 1 saturated carbocycles. The molecule has 0 aliphatic heterocycles. The quantitative estimate of drug-likeness (QED) is 0.121. The number of ketones is 1. The number of pyridine rings is 1. The van der Waals surface area contributed by atoms with Gasteiger partial charge in [0.2, 0.25) is 0 Å². The van der Waals surface area contributed by atoms with Gasteiger partial charge in [-0.25, -0.2) is 0 Å². The van der Waals surface area contributed by atoms with Gasteiger partial charge in [0, 0.05) is 43.7 Å². The number of benzene rings is 2. The molecule has 0 atom stereocenters. The molecule has 3 nitrogen and oxygen atoms in total. The third-order valence-corrected chi connectivity index (χ3v) is 9.34. The Morgan fingerprint density at radius 2 is 1.71 bits per heavy atom. The van der Waals surface area contributed by atoms with Crippen LogP contribution in [-0.4, -0.2) is 15.9 Å². The van der Waals surface area contributed by atoms with E-state index in [2.05, 4.69) is 48.3 Å². The van der Waals surface area contributed by atoms with Crippen LogP contribution >= 0.6 is 0 Å². The number of hydrogen-bond donors (Lipinski definition) is 1. The summed E-state index contributed by atoms with van der Waals surface area (Å²) in [5, 5.41) is 11.8. The molecule has 4 heteroatoms. The maximum Gasteiger partial charge on any atom is 0.165 e. The molecule has 0 unspecified atom stereocenters. The van der Waals surface area contributed by atoms with E-state index in [0.29, 0.717) is 0 Å². The summed E-state index contributed by atoms with van der Waals surface area (Å²) in [6, 6.07) is 14.1. The van der Waals surface area contributed by atoms with Crippen LogP contribution in [0, 0.1) is 37.2 Å². The van der Waals surface area contributed by atoms with Gasteiger partial charge in [0.15, 0.2) is 5.78 Å². The van der Waals surface area contributed by atoms with Crippen molar-refractivity contribution in [3.05, 3.63) is 77.1 Å². The first-order valence-electron chi connectivity index (χ1n) is 16.9. The fraction of sp³-hybridized carbons (Fsp3) is 0.526. The van der Waals surface area contributed by atoms with Gasteiger partial charge < -0.3 is 10.1 Å². The molecule has 1 aliphatic carbocycles. The minimum atomic E-state index is -0.278. The third kappa shape index (κ3) is 9.10. The van der Waals surface area contributed by atoms with Gasteiger partial charge in [-0.3, -0.25) is 4.79 Å². The van der Waals surface area contributed by atoms with E-state index in [1.807, 2.05) is 41.5 Å². The summed E-state index contributed by atoms with van der Waals surface area (Å²) in [7, 11) is 0. The van der Waals surface area contributed by atoms with Crippen LogP contribution in [0.4, 0.5) is 0 Å². The van der Waals surface area contributed by atoms with Crippen LogP contribution in [0.2, 0.25) is 0 Å². The normalized spacial score (nSPS) is 14.7. The third-order valence-electron chi connectivity index (χ3n) is 9.34. The maximum atomic E-state index is 12.3. The summed E-state index contributed by atoms with van der Waals surface area (Å²) >= 11 is 0. The fourth-order valence-corrected chi connectivity index (χ4v) is 6.39. The Bertz CT molecular complexity index is 1390. The standard InChI is InChI=1S/C23H24N.C15H28O2.Ir/c1-16-11-17(2)13-21(12-16)23-22-8-7-19(14-18-5-3-4-6-18)15-20(22)9-10-24-23;1-6-12(7-2)13(16)11-14(17)15(8-3,9-4)10-5;/h7-12,15,18H,3-6,14H2,1-2H3;11-12,16H,6-10H2,1-5H3;/q-1;;/b;13-11-;/i9D,10D;;. The van der Waals surface area contributed by atoms with Crippen molar-refractivity contribution in [2.45, 2.75) is 113 Å². The molecule has 4 rings (SSSR count). The Morgan fingerprint density at radius 3 is 2.29 bits per heavy atom. The molecular formula is C38H52IrNO2-. The summed E-state index contributed by atoms with van der Waals surface area (Å²) in [6.45, 7) is 14.3. The van der Waals surface area contributed by atoms with Gasteiger partial charge in [-0.2, -0.15) is 0 Å². The molecule has 1 N–H and O–H groups in total. The summed E-state index contributed by atoms with van der Waals surface area (Å²) in [5.41, 5.74) is 4.89. The van der Waals surface area contributed by atoms with Crippen molar-refractivity contribution in [1.29, 1.82) is 0 Å². The number of carbonyl (C=O) groups excluding carboxylic acids is 1. The van der Waals surface area contributed by atoms with Gasteiger partial charge in [0.25, 0.3) is 0 Å². The molecule has 0 saturated heterocycles. The Kier molecular flexibility index (Phi) is 13.3. The molecule has 0 bridgehead atoms. The predicted octanol–water partition coefficient (Wildman–Crippen LogP) is 10.7. The molecule has 1 radical (unpaired) electrons. The second-order valence-corrected chi connectivity index (χ2v) is 12.0. The average molecular weight is 749 g/mol. The molecular weight excluding hydrogens is 695 g/mol. The van der Waals surface area contributed by atoms with Crippen LogP contribution in [-0.2, 0) is 31.3 Å². The van der Waals surface area contributed by atoms with E-state index in [0.717, 1.165) is 77.6 Å². The zero-order valence-electron chi connectivity index (χ0n) is 28.8. The molecule has 42 heavy (non-hydrogen) atoms. The monoisotopic (exact) mass is 749 g/mol. The number of aliphatic hydroxyl groups is 1. The summed E-state index contributed by atoms with van der Waals surface area (Å²) in [4.78, 5) is 16.7. The van der Waals surface area contributed by atoms with Gasteiger partial charge in [0.05, 0.1) is 8.50 Å². The van der Waals surface area contributed by atoms with Crippen molar-refractivity contribution < 1.29 is 32.7 Å². The fourth-order valence-electron chi connectivity index (χ4n) is 6.39. The Balaban J connectivity index is 0.000000331. The van der Waals surface area contributed by atoms with Crippen LogP contribution in [0.1, 0.15) is 112 Å². The van der Waals surface area contributed by atoms with Crippen LogP contribution in [0.5, 0.6) is 0 Å². The van der Waals surface area contributed by atoms with Gasteiger partial charge in [-0.1, -0.05) is 92.3 Å². The van der Waals surface area contributed by atoms with Gasteiger partial charge in [-0.15, -0.1) is 34.9 Å². The molecule has 1 aromatic heterocycles. The smallest absolute Gasteiger partial charge is 0.165 e. The van der Waals surface area contributed by atoms with E-state index < -0.39 is 0 Å². The molecule has 2 aromatic carbocycles. The number of nitrogens with zero attached hydrogens (tertiary/aromatic N) is 1. The van der Waals surface area contributed by atoms with Crippen molar-refractivity contribution in [2.75, 3.05) is 0 Å². The molecule has 1 fully saturated rings. The Hall–Kier alpha value is -2.29. The largest absolute Gasteiger partial charge is 0.512 e. The van der Waals surface area contributed by atoms with Crippen molar-refractivity contribution in [1.82, 2.24) is 4.98 Å². The van der Waals surface area contributed by atoms with E-state index in [1.165, 1.54) is 37.3 Å². The molecule has 0 amide bonds. The first kappa shape index (κ1) is 32.6. The van der Waals surface area contributed by atoms with Crippen LogP contribution in [0.15, 0.2) is 54.4 Å². The molecule has 1 heterocycles. The number of fused-ring (bicyclic) bond motifs is 1. The average Bonchev–Trinajstić information content (AvgIpc) is 3.50. The predicted molar refractivity (Wildman–Crippen MR) is 174 cm³/mol. The van der Waals surface area contributed by atoms with E-state index >= 15 is 0 Å². The first-order valence-corrected chi connectivity index (χ1v) is 15.9. The van der Waals surface area contributed by atoms with Crippen molar-refractivity contribution in [3.8, 4) is 11.3 Å². The minimum absolute atomic E-state index is 0. The van der Waals surface area contributed by atoms with Crippen LogP contribution in [0.3, 0.4) is 0 Å². The maximum absolute atomic E-state index is 12.3. The van der Waals surface area contributed by atoms with E-state index in [1.54, 1.807) is 0 Å². The first-order chi connectivity index (χ1) is 20.5. The Morgan fingerprint density at radius 1 is 1.07 bits per heavy atom. The van der Waals surface area contributed by atoms with Crippen LogP contribution < -0.4 is 0 Å². The van der Waals surface area contributed by atoms with Crippen LogP contribution in [0.25, 0.3) is 22.0 Å². The number of aryl methyl sites for hydroxylation is 2. The van der Waals surface area contributed by atoms with Crippen molar-refractivity contribution >= 4 is 16.6 Å². The number of aliphatic hydroxyl groups excluding tert-OH is 1. The summed E-state index contributed by atoms with van der Waals surface area (Å²) in [5.74, 6) is 1.25. The van der Waals surface area contributed by atoms with Gasteiger partial charge >= 0.3 is 0 Å². The second kappa shape index (κ2) is 17.1. The number of aromatic nitrogens is 1. The summed E-state index contributed by atoms with van der Waals surface area (Å²) < 4.78 is 16.5. The molecule has 0 spiro atoms. The SMILES string of the molecule is CCC(CC)/C(O)=C/C(=O)C(CC)(CC)CC.[2H]c1nc(-c2[c-]c(C)cc(C)c2)c2ccc(CC3CCCC3)cc2c1[2H].[Ir]. The number of rotatable bonds is 11. The number of hydrogen-bond acceptors (Lipinski definition) is 3. The Labute approximate surface area is 271 Å². The van der Waals surface area contributed by atoms with Gasteiger partial charge in [-0.05, 0) is 72.5 Å². The molecule has 231 valence electrons. The summed E-state index contributed by atoms with van der Waals surface area (Å²) in [6.07, 6.45) is 12.2. The van der Waals surface area contributed by atoms with Crippen molar-refractivity contribution in [3.63, 3.8) is 0 Å². The minimum Gasteiger partial charge on any atom is -0.512 e. The zero-order chi connectivity index (χ0) is 31.7.